The summed E-state index contributed by atoms with van der Waals surface area (Å²) in [6, 6.07) is 5.79. The Hall–Kier alpha value is -2.51. The van der Waals surface area contributed by atoms with Gasteiger partial charge in [0.15, 0.2) is 0 Å². The number of thiophene rings is 1. The largest absolute Gasteiger partial charge is 0.321 e. The lowest BCUT2D eigenvalue weighted by atomic mass is 10.1. The van der Waals surface area contributed by atoms with E-state index in [2.05, 4.69) is 15.3 Å². The Bertz CT molecular complexity index is 1050. The van der Waals surface area contributed by atoms with E-state index in [1.165, 1.54) is 16.9 Å². The number of anilines is 1. The number of carbonyl (C=O) groups is 1. The third kappa shape index (κ3) is 3.54. The van der Waals surface area contributed by atoms with Crippen LogP contribution in [0, 0.1) is 20.8 Å². The minimum absolute atomic E-state index is 0.203. The fourth-order valence-electron chi connectivity index (χ4n) is 2.79. The number of nitrogens with one attached hydrogen (secondary N) is 2. The molecule has 6 nitrogen and oxygen atoms in total. The highest BCUT2D eigenvalue weighted by Crippen LogP contribution is 2.28. The van der Waals surface area contributed by atoms with Crippen molar-refractivity contribution in [2.45, 2.75) is 27.3 Å². The van der Waals surface area contributed by atoms with Crippen LogP contribution in [-0.4, -0.2) is 34.9 Å². The molecule has 0 fully saturated rings. The molecule has 0 unspecified atom stereocenters. The first kappa shape index (κ1) is 18.3. The van der Waals surface area contributed by atoms with Crippen LogP contribution in [0.25, 0.3) is 10.2 Å². The molecule has 0 aliphatic carbocycles. The van der Waals surface area contributed by atoms with Crippen LogP contribution in [0.5, 0.6) is 0 Å². The number of benzene rings is 1. The molecule has 7 heteroatoms. The number of H-pyrrole nitrogens is 1. The minimum Gasteiger partial charge on any atom is -0.321 e. The van der Waals surface area contributed by atoms with Crippen molar-refractivity contribution in [1.82, 2.24) is 14.9 Å². The molecule has 0 bridgehead atoms. The lowest BCUT2D eigenvalue weighted by molar-refractivity contribution is 0.103. The third-order valence-corrected chi connectivity index (χ3v) is 5.47. The van der Waals surface area contributed by atoms with Crippen LogP contribution < -0.4 is 10.9 Å². The van der Waals surface area contributed by atoms with Gasteiger partial charge in [-0.25, -0.2) is 4.98 Å². The zero-order valence-electron chi connectivity index (χ0n) is 15.6. The summed E-state index contributed by atoms with van der Waals surface area (Å²) in [6.45, 7) is 6.36. The monoisotopic (exact) mass is 370 g/mol. The maximum Gasteiger partial charge on any atom is 0.266 e. The predicted octanol–water partition coefficient (Wildman–Crippen LogP) is 3.22. The van der Waals surface area contributed by atoms with Crippen molar-refractivity contribution in [3.63, 3.8) is 0 Å². The zero-order chi connectivity index (χ0) is 19.0. The van der Waals surface area contributed by atoms with Crippen LogP contribution in [0.15, 0.2) is 23.0 Å². The van der Waals surface area contributed by atoms with E-state index in [4.69, 9.17) is 0 Å². The summed E-state index contributed by atoms with van der Waals surface area (Å²) in [7, 11) is 3.82. The fourth-order valence-corrected chi connectivity index (χ4v) is 3.88. The molecule has 1 amide bonds. The van der Waals surface area contributed by atoms with Crippen LogP contribution in [0.2, 0.25) is 0 Å². The number of aromatic nitrogens is 2. The number of aryl methyl sites for hydroxylation is 3. The van der Waals surface area contributed by atoms with Crippen molar-refractivity contribution < 1.29 is 4.79 Å². The van der Waals surface area contributed by atoms with E-state index in [0.717, 1.165) is 11.3 Å². The Morgan fingerprint density at radius 1 is 1.23 bits per heavy atom. The van der Waals surface area contributed by atoms with Gasteiger partial charge in [0, 0.05) is 5.69 Å². The van der Waals surface area contributed by atoms with Crippen LogP contribution in [0.1, 0.15) is 32.2 Å². The third-order valence-electron chi connectivity index (χ3n) is 4.29. The number of fused-ring (bicyclic) bond motifs is 1. The second-order valence-corrected chi connectivity index (χ2v) is 7.74. The number of rotatable bonds is 4. The summed E-state index contributed by atoms with van der Waals surface area (Å²) in [6.07, 6.45) is 0. The summed E-state index contributed by atoms with van der Waals surface area (Å²) in [5, 5.41) is 3.41. The number of aromatic amines is 1. The van der Waals surface area contributed by atoms with Crippen molar-refractivity contribution in [1.29, 1.82) is 0 Å². The zero-order valence-corrected chi connectivity index (χ0v) is 16.4. The summed E-state index contributed by atoms with van der Waals surface area (Å²) < 4.78 is 0. The van der Waals surface area contributed by atoms with Crippen LogP contribution in [0.4, 0.5) is 5.69 Å². The molecule has 1 aromatic carbocycles. The first-order valence-electron chi connectivity index (χ1n) is 8.32. The average molecular weight is 370 g/mol. The van der Waals surface area contributed by atoms with Crippen molar-refractivity contribution >= 4 is 33.1 Å². The Labute approximate surface area is 155 Å². The summed E-state index contributed by atoms with van der Waals surface area (Å²) in [5.41, 5.74) is 3.49. The number of amides is 1. The van der Waals surface area contributed by atoms with Crippen molar-refractivity contribution in [3.8, 4) is 0 Å². The molecule has 0 radical (unpaired) electrons. The van der Waals surface area contributed by atoms with Gasteiger partial charge in [0.05, 0.1) is 16.8 Å². The molecule has 0 saturated heterocycles. The molecule has 3 rings (SSSR count). The maximum absolute atomic E-state index is 12.7. The van der Waals surface area contributed by atoms with Crippen molar-refractivity contribution in [2.75, 3.05) is 19.4 Å². The normalized spacial score (nSPS) is 11.3. The van der Waals surface area contributed by atoms with Gasteiger partial charge >= 0.3 is 0 Å². The molecule has 2 heterocycles. The van der Waals surface area contributed by atoms with Gasteiger partial charge in [0.1, 0.15) is 10.7 Å². The van der Waals surface area contributed by atoms with E-state index in [-0.39, 0.29) is 11.5 Å². The molecule has 0 saturated carbocycles. The highest BCUT2D eigenvalue weighted by Gasteiger charge is 2.19. The van der Waals surface area contributed by atoms with Crippen molar-refractivity contribution in [3.05, 3.63) is 55.9 Å². The van der Waals surface area contributed by atoms with E-state index < -0.39 is 0 Å². The van der Waals surface area contributed by atoms with Crippen LogP contribution in [-0.2, 0) is 6.54 Å². The predicted molar refractivity (Wildman–Crippen MR) is 106 cm³/mol. The molecule has 0 aliphatic rings. The summed E-state index contributed by atoms with van der Waals surface area (Å²) >= 11 is 1.25. The van der Waals surface area contributed by atoms with E-state index in [1.807, 2.05) is 51.0 Å². The van der Waals surface area contributed by atoms with E-state index in [9.17, 15) is 9.59 Å². The molecule has 0 spiro atoms. The number of hydrogen-bond donors (Lipinski definition) is 2. The van der Waals surface area contributed by atoms with Gasteiger partial charge in [0.25, 0.3) is 11.5 Å². The van der Waals surface area contributed by atoms with Gasteiger partial charge < -0.3 is 15.2 Å². The lowest BCUT2D eigenvalue weighted by Gasteiger charge is -2.07. The molecule has 2 aromatic heterocycles. The average Bonchev–Trinajstić information content (AvgIpc) is 2.87. The van der Waals surface area contributed by atoms with Crippen molar-refractivity contribution in [2.24, 2.45) is 0 Å². The molecule has 26 heavy (non-hydrogen) atoms. The molecular weight excluding hydrogens is 348 g/mol. The topological polar surface area (TPSA) is 78.1 Å². The Morgan fingerprint density at radius 2 is 1.96 bits per heavy atom. The molecule has 2 N–H and O–H groups in total. The van der Waals surface area contributed by atoms with Crippen LogP contribution >= 0.6 is 11.3 Å². The lowest BCUT2D eigenvalue weighted by Crippen LogP contribution is -2.18. The van der Waals surface area contributed by atoms with E-state index in [0.29, 0.717) is 33.0 Å². The molecular formula is C19H22N4O2S. The summed E-state index contributed by atoms with van der Waals surface area (Å²) in [4.78, 5) is 35.5. The van der Waals surface area contributed by atoms with Gasteiger partial charge in [-0.1, -0.05) is 6.07 Å². The van der Waals surface area contributed by atoms with Gasteiger partial charge in [-0.15, -0.1) is 11.3 Å². The fraction of sp³-hybridized carbons (Fsp3) is 0.316. The maximum atomic E-state index is 12.7. The molecule has 136 valence electrons. The minimum atomic E-state index is -0.220. The van der Waals surface area contributed by atoms with Gasteiger partial charge in [-0.2, -0.15) is 0 Å². The Balaban J connectivity index is 1.97. The Morgan fingerprint density at radius 3 is 2.62 bits per heavy atom. The number of carbonyl (C=O) groups excluding carboxylic acids is 1. The highest BCUT2D eigenvalue weighted by atomic mass is 32.1. The highest BCUT2D eigenvalue weighted by molar-refractivity contribution is 7.20. The quantitative estimate of drug-likeness (QED) is 0.739. The first-order valence-corrected chi connectivity index (χ1v) is 9.13. The van der Waals surface area contributed by atoms with Gasteiger partial charge in [-0.3, -0.25) is 9.59 Å². The second-order valence-electron chi connectivity index (χ2n) is 6.74. The van der Waals surface area contributed by atoms with Gasteiger partial charge in [0.2, 0.25) is 0 Å². The standard InChI is InChI=1S/C19H22N4O2S/c1-10-6-7-13(8-11(10)2)20-18(25)16-12(3)15-17(24)21-14(9-23(4)5)22-19(15)26-16/h6-8H,9H2,1-5H3,(H,20,25)(H,21,22,24). The Kier molecular flexibility index (Phi) is 4.93. The molecule has 0 atom stereocenters. The van der Waals surface area contributed by atoms with E-state index >= 15 is 0 Å². The number of nitrogens with zero attached hydrogens (tertiary/aromatic N) is 2. The first-order chi connectivity index (χ1) is 12.3. The SMILES string of the molecule is Cc1ccc(NC(=O)c2sc3nc(CN(C)C)[nH]c(=O)c3c2C)cc1C. The van der Waals surface area contributed by atoms with Gasteiger partial charge in [-0.05, 0) is 63.7 Å². The number of hydrogen-bond acceptors (Lipinski definition) is 5. The molecule has 0 aliphatic heterocycles. The van der Waals surface area contributed by atoms with E-state index in [1.54, 1.807) is 6.92 Å². The molecule has 3 aromatic rings. The van der Waals surface area contributed by atoms with Crippen LogP contribution in [0.3, 0.4) is 0 Å². The summed E-state index contributed by atoms with van der Waals surface area (Å²) in [5.74, 6) is 0.372. The second kappa shape index (κ2) is 7.01. The smallest absolute Gasteiger partial charge is 0.266 e.